The van der Waals surface area contributed by atoms with Gasteiger partial charge in [0, 0.05) is 13.6 Å². The van der Waals surface area contributed by atoms with Crippen molar-refractivity contribution >= 4 is 5.91 Å². The molecule has 0 fully saturated rings. The highest BCUT2D eigenvalue weighted by atomic mass is 16.2. The highest BCUT2D eigenvalue weighted by Crippen LogP contribution is 2.03. The van der Waals surface area contributed by atoms with Gasteiger partial charge < -0.3 is 4.90 Å². The zero-order valence-electron chi connectivity index (χ0n) is 8.00. The molecule has 0 unspecified atom stereocenters. The molecule has 0 aromatic heterocycles. The Bertz CT molecular complexity index is 181. The fraction of sp³-hybridized carbons (Fsp3) is 0.778. The highest BCUT2D eigenvalue weighted by Gasteiger charge is 2.05. The molecule has 0 spiro atoms. The summed E-state index contributed by atoms with van der Waals surface area (Å²) in [7, 11) is 1.66. The van der Waals surface area contributed by atoms with Crippen LogP contribution in [0.25, 0.3) is 0 Å². The van der Waals surface area contributed by atoms with Gasteiger partial charge in [-0.1, -0.05) is 13.8 Å². The van der Waals surface area contributed by atoms with E-state index in [9.17, 15) is 4.79 Å². The Morgan fingerprint density at radius 2 is 2.17 bits per heavy atom. The molecule has 0 N–H and O–H groups in total. The second kappa shape index (κ2) is 5.59. The third-order valence-electron chi connectivity index (χ3n) is 1.72. The van der Waals surface area contributed by atoms with Crippen LogP contribution in [0.4, 0.5) is 0 Å². The molecule has 0 aromatic rings. The fourth-order valence-electron chi connectivity index (χ4n) is 0.924. The van der Waals surface area contributed by atoms with Crippen LogP contribution in [0.1, 0.15) is 26.7 Å². The molecule has 0 aliphatic rings. The first-order chi connectivity index (χ1) is 5.57. The quantitative estimate of drug-likeness (QED) is 0.596. The predicted octanol–water partition coefficient (Wildman–Crippen LogP) is 1.40. The maximum Gasteiger partial charge on any atom is 0.324 e. The summed E-state index contributed by atoms with van der Waals surface area (Å²) in [6.07, 6.45) is 2.07. The van der Waals surface area contributed by atoms with Crippen LogP contribution in [0.5, 0.6) is 0 Å². The van der Waals surface area contributed by atoms with E-state index < -0.39 is 5.91 Å². The summed E-state index contributed by atoms with van der Waals surface area (Å²) in [5, 5.41) is 8.27. The van der Waals surface area contributed by atoms with Crippen LogP contribution in [0.2, 0.25) is 0 Å². The molecule has 0 saturated heterocycles. The number of amides is 1. The summed E-state index contributed by atoms with van der Waals surface area (Å²) in [6.45, 7) is 4.98. The summed E-state index contributed by atoms with van der Waals surface area (Å²) in [6, 6.07) is 1.59. The van der Waals surface area contributed by atoms with Crippen molar-refractivity contribution in [3.63, 3.8) is 0 Å². The molecule has 0 heterocycles. The van der Waals surface area contributed by atoms with Crippen molar-refractivity contribution < 1.29 is 4.79 Å². The zero-order chi connectivity index (χ0) is 9.56. The van der Waals surface area contributed by atoms with Crippen molar-refractivity contribution in [1.82, 2.24) is 4.90 Å². The number of nitriles is 1. The van der Waals surface area contributed by atoms with Crippen molar-refractivity contribution in [1.29, 1.82) is 5.26 Å². The Labute approximate surface area is 74.0 Å². The van der Waals surface area contributed by atoms with Gasteiger partial charge in [-0.2, -0.15) is 5.26 Å². The molecular formula is C9H16N2O. The van der Waals surface area contributed by atoms with Crippen molar-refractivity contribution in [2.45, 2.75) is 26.7 Å². The van der Waals surface area contributed by atoms with Gasteiger partial charge >= 0.3 is 5.91 Å². The van der Waals surface area contributed by atoms with E-state index in [0.717, 1.165) is 12.8 Å². The van der Waals surface area contributed by atoms with Crippen molar-refractivity contribution in [3.05, 3.63) is 0 Å². The topological polar surface area (TPSA) is 44.1 Å². The minimum absolute atomic E-state index is 0.446. The molecule has 0 aromatic carbocycles. The summed E-state index contributed by atoms with van der Waals surface area (Å²) >= 11 is 0. The number of rotatable bonds is 4. The lowest BCUT2D eigenvalue weighted by Crippen LogP contribution is -2.26. The van der Waals surface area contributed by atoms with Crippen LogP contribution in [0.15, 0.2) is 0 Å². The molecule has 1 amide bonds. The molecule has 0 bridgehead atoms. The first-order valence-corrected chi connectivity index (χ1v) is 4.23. The monoisotopic (exact) mass is 168 g/mol. The number of hydrogen-bond acceptors (Lipinski definition) is 2. The lowest BCUT2D eigenvalue weighted by Gasteiger charge is -2.13. The normalized spacial score (nSPS) is 9.58. The first kappa shape index (κ1) is 11.0. The van der Waals surface area contributed by atoms with Gasteiger partial charge in [0.2, 0.25) is 0 Å². The number of hydrogen-bond donors (Lipinski definition) is 0. The van der Waals surface area contributed by atoms with Gasteiger partial charge in [-0.3, -0.25) is 4.79 Å². The van der Waals surface area contributed by atoms with E-state index in [2.05, 4.69) is 13.8 Å². The van der Waals surface area contributed by atoms with Gasteiger partial charge in [0.1, 0.15) is 0 Å². The number of nitrogens with zero attached hydrogens (tertiary/aromatic N) is 2. The van der Waals surface area contributed by atoms with E-state index in [1.54, 1.807) is 13.1 Å². The molecule has 0 saturated carbocycles. The molecule has 0 aliphatic carbocycles. The predicted molar refractivity (Wildman–Crippen MR) is 47.3 cm³/mol. The lowest BCUT2D eigenvalue weighted by molar-refractivity contribution is -0.124. The van der Waals surface area contributed by atoms with E-state index in [1.807, 2.05) is 0 Å². The Hall–Kier alpha value is -1.04. The van der Waals surface area contributed by atoms with Gasteiger partial charge in [-0.25, -0.2) is 0 Å². The Balaban J connectivity index is 3.52. The van der Waals surface area contributed by atoms with Crippen LogP contribution >= 0.6 is 0 Å². The molecule has 0 atom stereocenters. The molecule has 0 radical (unpaired) electrons. The average Bonchev–Trinajstić information content (AvgIpc) is 2.02. The standard InChI is InChI=1S/C9H16N2O/c1-8(2)5-4-6-11(3)9(12)7-10/h8H,4-6H2,1-3H3. The Morgan fingerprint density at radius 1 is 1.58 bits per heavy atom. The van der Waals surface area contributed by atoms with E-state index in [0.29, 0.717) is 12.5 Å². The number of carbonyl (C=O) groups is 1. The maximum atomic E-state index is 10.8. The van der Waals surface area contributed by atoms with Crippen molar-refractivity contribution in [3.8, 4) is 6.07 Å². The van der Waals surface area contributed by atoms with E-state index in [1.165, 1.54) is 4.90 Å². The second-order valence-corrected chi connectivity index (χ2v) is 3.37. The molecular weight excluding hydrogens is 152 g/mol. The molecule has 3 nitrogen and oxygen atoms in total. The summed E-state index contributed by atoms with van der Waals surface area (Å²) in [4.78, 5) is 12.2. The molecule has 0 aliphatic heterocycles. The minimum Gasteiger partial charge on any atom is -0.333 e. The van der Waals surface area contributed by atoms with E-state index >= 15 is 0 Å². The average molecular weight is 168 g/mol. The van der Waals surface area contributed by atoms with Gasteiger partial charge in [0.15, 0.2) is 6.07 Å². The molecule has 0 rings (SSSR count). The van der Waals surface area contributed by atoms with E-state index in [4.69, 9.17) is 5.26 Å². The third kappa shape index (κ3) is 4.73. The van der Waals surface area contributed by atoms with Crippen LogP contribution in [-0.2, 0) is 4.79 Å². The van der Waals surface area contributed by atoms with E-state index in [-0.39, 0.29) is 0 Å². The lowest BCUT2D eigenvalue weighted by atomic mass is 10.1. The SMILES string of the molecule is CC(C)CCCN(C)C(=O)C#N. The highest BCUT2D eigenvalue weighted by molar-refractivity contribution is 5.90. The van der Waals surface area contributed by atoms with Crippen LogP contribution in [0, 0.1) is 17.2 Å². The summed E-state index contributed by atoms with van der Waals surface area (Å²) in [5.41, 5.74) is 0. The second-order valence-electron chi connectivity index (χ2n) is 3.37. The smallest absolute Gasteiger partial charge is 0.324 e. The maximum absolute atomic E-state index is 10.8. The Morgan fingerprint density at radius 3 is 2.58 bits per heavy atom. The van der Waals surface area contributed by atoms with Crippen LogP contribution < -0.4 is 0 Å². The van der Waals surface area contributed by atoms with Crippen molar-refractivity contribution in [2.75, 3.05) is 13.6 Å². The molecule has 3 heteroatoms. The van der Waals surface area contributed by atoms with Gasteiger partial charge in [-0.15, -0.1) is 0 Å². The van der Waals surface area contributed by atoms with Crippen LogP contribution in [-0.4, -0.2) is 24.4 Å². The minimum atomic E-state index is -0.446. The van der Waals surface area contributed by atoms with Crippen LogP contribution in [0.3, 0.4) is 0 Å². The van der Waals surface area contributed by atoms with Gasteiger partial charge in [0.25, 0.3) is 0 Å². The van der Waals surface area contributed by atoms with Gasteiger partial charge in [-0.05, 0) is 18.8 Å². The summed E-state index contributed by atoms with van der Waals surface area (Å²) in [5.74, 6) is 0.217. The first-order valence-electron chi connectivity index (χ1n) is 4.23. The molecule has 12 heavy (non-hydrogen) atoms. The van der Waals surface area contributed by atoms with Gasteiger partial charge in [0.05, 0.1) is 0 Å². The Kier molecular flexibility index (Phi) is 5.11. The fourth-order valence-corrected chi connectivity index (χ4v) is 0.924. The summed E-state index contributed by atoms with van der Waals surface area (Å²) < 4.78 is 0. The number of carbonyl (C=O) groups excluding carboxylic acids is 1. The molecule has 68 valence electrons. The van der Waals surface area contributed by atoms with Crippen molar-refractivity contribution in [2.24, 2.45) is 5.92 Å². The largest absolute Gasteiger partial charge is 0.333 e. The zero-order valence-corrected chi connectivity index (χ0v) is 8.00. The third-order valence-corrected chi connectivity index (χ3v) is 1.72.